The van der Waals surface area contributed by atoms with Crippen LogP contribution in [0.4, 0.5) is 18.0 Å². The van der Waals surface area contributed by atoms with Gasteiger partial charge in [0.15, 0.2) is 0 Å². The molecule has 3 amide bonds. The number of aromatic amines is 1. The average Bonchev–Trinajstić information content (AvgIpc) is 3.04. The lowest BCUT2D eigenvalue weighted by Crippen LogP contribution is -2.47. The van der Waals surface area contributed by atoms with Gasteiger partial charge in [-0.1, -0.05) is 18.2 Å². The molecule has 0 unspecified atom stereocenters. The van der Waals surface area contributed by atoms with E-state index in [0.717, 1.165) is 18.4 Å². The van der Waals surface area contributed by atoms with Crippen LogP contribution in [0.25, 0.3) is 10.9 Å². The van der Waals surface area contributed by atoms with E-state index < -0.39 is 24.7 Å². The summed E-state index contributed by atoms with van der Waals surface area (Å²) in [7, 11) is 0. The number of H-pyrrole nitrogens is 1. The number of likely N-dealkylation sites (tertiary alicyclic amines) is 1. The Balaban J connectivity index is 1.45. The normalized spacial score (nSPS) is 16.4. The van der Waals surface area contributed by atoms with Crippen molar-refractivity contribution >= 4 is 22.8 Å². The SMILES string of the molecule is O=C(CN1CCC(c2c[nH]c3ccccc23)CC1)NC(=O)NCC(F)(F)F. The molecule has 0 bridgehead atoms. The first-order valence-electron chi connectivity index (χ1n) is 8.74. The highest BCUT2D eigenvalue weighted by molar-refractivity contribution is 5.95. The Morgan fingerprint density at radius 3 is 2.59 bits per heavy atom. The average molecular weight is 382 g/mol. The number of fused-ring (bicyclic) bond motifs is 1. The van der Waals surface area contributed by atoms with Crippen molar-refractivity contribution in [3.8, 4) is 0 Å². The van der Waals surface area contributed by atoms with Gasteiger partial charge in [0, 0.05) is 17.1 Å². The number of urea groups is 1. The molecule has 0 saturated carbocycles. The zero-order valence-corrected chi connectivity index (χ0v) is 14.6. The van der Waals surface area contributed by atoms with E-state index in [2.05, 4.69) is 11.1 Å². The molecular weight excluding hydrogens is 361 g/mol. The molecule has 3 N–H and O–H groups in total. The predicted molar refractivity (Wildman–Crippen MR) is 94.3 cm³/mol. The number of para-hydroxylation sites is 1. The van der Waals surface area contributed by atoms with Crippen LogP contribution in [0.2, 0.25) is 0 Å². The molecule has 0 radical (unpaired) electrons. The van der Waals surface area contributed by atoms with Crippen molar-refractivity contribution in [2.24, 2.45) is 0 Å². The number of nitrogens with zero attached hydrogens (tertiary/aromatic N) is 1. The smallest absolute Gasteiger partial charge is 0.361 e. The topological polar surface area (TPSA) is 77.2 Å². The Kier molecular flexibility index (Phi) is 5.69. The van der Waals surface area contributed by atoms with E-state index in [1.54, 1.807) is 5.32 Å². The van der Waals surface area contributed by atoms with Gasteiger partial charge in [-0.25, -0.2) is 4.79 Å². The van der Waals surface area contributed by atoms with Gasteiger partial charge in [0.25, 0.3) is 0 Å². The molecule has 1 aliphatic rings. The first kappa shape index (κ1) is 19.2. The highest BCUT2D eigenvalue weighted by Gasteiger charge is 2.28. The second-order valence-electron chi connectivity index (χ2n) is 6.69. The van der Waals surface area contributed by atoms with Crippen molar-refractivity contribution in [1.29, 1.82) is 0 Å². The highest BCUT2D eigenvalue weighted by Crippen LogP contribution is 2.32. The summed E-state index contributed by atoms with van der Waals surface area (Å²) in [5, 5.41) is 4.75. The van der Waals surface area contributed by atoms with Gasteiger partial charge in [-0.2, -0.15) is 13.2 Å². The van der Waals surface area contributed by atoms with E-state index in [0.29, 0.717) is 19.0 Å². The Labute approximate surface area is 154 Å². The number of alkyl halides is 3. The molecule has 2 aromatic rings. The number of nitrogens with one attached hydrogen (secondary N) is 3. The lowest BCUT2D eigenvalue weighted by Gasteiger charge is -2.31. The number of hydrogen-bond donors (Lipinski definition) is 3. The number of rotatable bonds is 4. The first-order valence-corrected chi connectivity index (χ1v) is 8.74. The molecule has 27 heavy (non-hydrogen) atoms. The van der Waals surface area contributed by atoms with Crippen LogP contribution in [-0.4, -0.2) is 54.2 Å². The van der Waals surface area contributed by atoms with Gasteiger partial charge in [0.1, 0.15) is 6.54 Å². The predicted octanol–water partition coefficient (Wildman–Crippen LogP) is 2.74. The van der Waals surface area contributed by atoms with Crippen LogP contribution in [-0.2, 0) is 4.79 Å². The van der Waals surface area contributed by atoms with E-state index in [-0.39, 0.29) is 6.54 Å². The number of benzene rings is 1. The fourth-order valence-electron chi connectivity index (χ4n) is 3.43. The summed E-state index contributed by atoms with van der Waals surface area (Å²) in [6.07, 6.45) is -0.738. The molecule has 1 aliphatic heterocycles. The quantitative estimate of drug-likeness (QED) is 0.761. The first-order chi connectivity index (χ1) is 12.8. The molecule has 2 heterocycles. The number of imide groups is 1. The zero-order valence-electron chi connectivity index (χ0n) is 14.6. The van der Waals surface area contributed by atoms with Crippen molar-refractivity contribution in [3.63, 3.8) is 0 Å². The third-order valence-electron chi connectivity index (χ3n) is 4.72. The maximum Gasteiger partial charge on any atom is 0.405 e. The zero-order chi connectivity index (χ0) is 19.4. The van der Waals surface area contributed by atoms with Gasteiger partial charge >= 0.3 is 12.2 Å². The second-order valence-corrected chi connectivity index (χ2v) is 6.69. The molecular formula is C18H21F3N4O2. The van der Waals surface area contributed by atoms with Crippen LogP contribution in [0.5, 0.6) is 0 Å². The summed E-state index contributed by atoms with van der Waals surface area (Å²) < 4.78 is 36.1. The summed E-state index contributed by atoms with van der Waals surface area (Å²) in [4.78, 5) is 28.3. The number of hydrogen-bond acceptors (Lipinski definition) is 3. The fraction of sp³-hybridized carbons (Fsp3) is 0.444. The Morgan fingerprint density at radius 2 is 1.89 bits per heavy atom. The minimum absolute atomic E-state index is 0.0138. The Bertz CT molecular complexity index is 810. The standard InChI is InChI=1S/C18H21F3N4O2/c19-18(20,21)11-23-17(27)24-16(26)10-25-7-5-12(6-8-25)14-9-22-15-4-2-1-3-13(14)15/h1-4,9,12,22H,5-8,10-11H2,(H2,23,24,26,27). The molecule has 0 atom stereocenters. The summed E-state index contributed by atoms with van der Waals surface area (Å²) in [6.45, 7) is -0.119. The maximum absolute atomic E-state index is 12.0. The monoisotopic (exact) mass is 382 g/mol. The maximum atomic E-state index is 12.0. The summed E-state index contributed by atoms with van der Waals surface area (Å²) in [5.41, 5.74) is 2.36. The van der Waals surface area contributed by atoms with E-state index in [9.17, 15) is 22.8 Å². The third kappa shape index (κ3) is 5.22. The third-order valence-corrected chi connectivity index (χ3v) is 4.72. The van der Waals surface area contributed by atoms with Crippen LogP contribution in [0.1, 0.15) is 24.3 Å². The number of carbonyl (C=O) groups excluding carboxylic acids is 2. The minimum Gasteiger partial charge on any atom is -0.361 e. The van der Waals surface area contributed by atoms with Gasteiger partial charge < -0.3 is 10.3 Å². The molecule has 3 rings (SSSR count). The van der Waals surface area contributed by atoms with Crippen molar-refractivity contribution < 1.29 is 22.8 Å². The van der Waals surface area contributed by atoms with Crippen LogP contribution < -0.4 is 10.6 Å². The van der Waals surface area contributed by atoms with Crippen LogP contribution in [0, 0.1) is 0 Å². The molecule has 1 saturated heterocycles. The van der Waals surface area contributed by atoms with Gasteiger partial charge in [0.2, 0.25) is 5.91 Å². The van der Waals surface area contributed by atoms with Crippen LogP contribution >= 0.6 is 0 Å². The largest absolute Gasteiger partial charge is 0.405 e. The van der Waals surface area contributed by atoms with Gasteiger partial charge in [-0.15, -0.1) is 0 Å². The lowest BCUT2D eigenvalue weighted by molar-refractivity contribution is -0.125. The van der Waals surface area contributed by atoms with E-state index in [1.807, 2.05) is 34.6 Å². The molecule has 0 spiro atoms. The van der Waals surface area contributed by atoms with Crippen molar-refractivity contribution in [3.05, 3.63) is 36.0 Å². The van der Waals surface area contributed by atoms with Gasteiger partial charge in [-0.05, 0) is 43.5 Å². The Morgan fingerprint density at radius 1 is 1.19 bits per heavy atom. The molecule has 6 nitrogen and oxygen atoms in total. The minimum atomic E-state index is -4.51. The highest BCUT2D eigenvalue weighted by atomic mass is 19.4. The number of amides is 3. The van der Waals surface area contributed by atoms with E-state index in [1.165, 1.54) is 10.9 Å². The number of halogens is 3. The van der Waals surface area contributed by atoms with Crippen molar-refractivity contribution in [2.45, 2.75) is 24.9 Å². The summed E-state index contributed by atoms with van der Waals surface area (Å²) in [6, 6.07) is 6.96. The van der Waals surface area contributed by atoms with Crippen molar-refractivity contribution in [2.75, 3.05) is 26.2 Å². The summed E-state index contributed by atoms with van der Waals surface area (Å²) >= 11 is 0. The van der Waals surface area contributed by atoms with Gasteiger partial charge in [0.05, 0.1) is 6.54 Å². The molecule has 0 aliphatic carbocycles. The summed E-state index contributed by atoms with van der Waals surface area (Å²) in [5.74, 6) is -0.226. The molecule has 1 fully saturated rings. The van der Waals surface area contributed by atoms with Crippen LogP contribution in [0.3, 0.4) is 0 Å². The lowest BCUT2D eigenvalue weighted by atomic mass is 9.89. The van der Waals surface area contributed by atoms with E-state index >= 15 is 0 Å². The second kappa shape index (κ2) is 7.99. The Hall–Kier alpha value is -2.55. The number of carbonyl (C=O) groups is 2. The molecule has 1 aromatic heterocycles. The molecule has 9 heteroatoms. The number of piperidine rings is 1. The molecule has 1 aromatic carbocycles. The molecule has 146 valence electrons. The number of aromatic nitrogens is 1. The van der Waals surface area contributed by atoms with Crippen LogP contribution in [0.15, 0.2) is 30.5 Å². The fourth-order valence-corrected chi connectivity index (χ4v) is 3.43. The van der Waals surface area contributed by atoms with E-state index in [4.69, 9.17) is 0 Å². The van der Waals surface area contributed by atoms with Gasteiger partial charge in [-0.3, -0.25) is 15.0 Å². The van der Waals surface area contributed by atoms with Crippen molar-refractivity contribution in [1.82, 2.24) is 20.5 Å².